The minimum absolute atomic E-state index is 0.279. The summed E-state index contributed by atoms with van der Waals surface area (Å²) in [6, 6.07) is 16.5. The van der Waals surface area contributed by atoms with Crippen molar-refractivity contribution in [2.75, 3.05) is 13.1 Å². The second kappa shape index (κ2) is 15.4. The molecule has 3 heteroatoms. The van der Waals surface area contributed by atoms with Crippen LogP contribution in [0.5, 0.6) is 0 Å². The minimum atomic E-state index is 0.279. The van der Waals surface area contributed by atoms with Gasteiger partial charge >= 0.3 is 0 Å². The second-order valence-electron chi connectivity index (χ2n) is 8.37. The first kappa shape index (κ1) is 24.8. The van der Waals surface area contributed by atoms with Crippen molar-refractivity contribution in [2.45, 2.75) is 78.1 Å². The number of aromatic nitrogens is 1. The van der Waals surface area contributed by atoms with Crippen LogP contribution in [0.25, 0.3) is 6.08 Å². The molecule has 1 heterocycles. The van der Waals surface area contributed by atoms with E-state index >= 15 is 0 Å². The molecule has 0 atom stereocenters. The molecule has 1 aromatic heterocycles. The van der Waals surface area contributed by atoms with Gasteiger partial charge < -0.3 is 4.90 Å². The number of carbonyl (C=O) groups excluding carboxylic acids is 1. The third kappa shape index (κ3) is 10.4. The summed E-state index contributed by atoms with van der Waals surface area (Å²) in [7, 11) is 0. The summed E-state index contributed by atoms with van der Waals surface area (Å²) < 4.78 is 0. The highest BCUT2D eigenvalue weighted by atomic mass is 16.2. The first-order valence-corrected chi connectivity index (χ1v) is 12.1. The Balaban J connectivity index is 2.10. The smallest absolute Gasteiger partial charge is 0.222 e. The summed E-state index contributed by atoms with van der Waals surface area (Å²) in [4.78, 5) is 19.6. The molecule has 0 fully saturated rings. The van der Waals surface area contributed by atoms with E-state index in [1.165, 1.54) is 43.2 Å². The van der Waals surface area contributed by atoms with Gasteiger partial charge in [0.25, 0.3) is 0 Å². The van der Waals surface area contributed by atoms with Gasteiger partial charge in [0.05, 0.1) is 0 Å². The Bertz CT molecular complexity index is 755. The van der Waals surface area contributed by atoms with Crippen molar-refractivity contribution in [3.63, 3.8) is 0 Å². The molecule has 0 bridgehead atoms. The summed E-state index contributed by atoms with van der Waals surface area (Å²) in [5.74, 6) is 0.279. The standard InChI is InChI=1S/C28H40N2O/c1-3-5-7-12-19-28(31)30(22-20-27-18-13-14-21-29-27)24-26(17-9-6-4-2)23-25-15-10-8-11-16-25/h8,10-11,13-16,18,21,23H,3-7,9,12,17,19-20,22,24H2,1-2H3. The molecule has 1 aromatic carbocycles. The molecule has 168 valence electrons. The van der Waals surface area contributed by atoms with Crippen molar-refractivity contribution in [3.05, 3.63) is 71.6 Å². The number of unbranched alkanes of at least 4 members (excludes halogenated alkanes) is 5. The van der Waals surface area contributed by atoms with E-state index in [4.69, 9.17) is 0 Å². The van der Waals surface area contributed by atoms with Crippen molar-refractivity contribution in [2.24, 2.45) is 0 Å². The maximum atomic E-state index is 13.1. The van der Waals surface area contributed by atoms with Crippen LogP contribution in [0, 0.1) is 0 Å². The van der Waals surface area contributed by atoms with E-state index in [1.807, 2.05) is 30.5 Å². The number of carbonyl (C=O) groups is 1. The van der Waals surface area contributed by atoms with E-state index in [2.05, 4.69) is 54.1 Å². The van der Waals surface area contributed by atoms with Crippen molar-refractivity contribution in [1.29, 1.82) is 0 Å². The molecule has 0 N–H and O–H groups in total. The average molecular weight is 421 g/mol. The van der Waals surface area contributed by atoms with E-state index < -0.39 is 0 Å². The fourth-order valence-electron chi connectivity index (χ4n) is 3.78. The van der Waals surface area contributed by atoms with Crippen LogP contribution in [0.4, 0.5) is 0 Å². The van der Waals surface area contributed by atoms with Crippen molar-refractivity contribution < 1.29 is 4.79 Å². The van der Waals surface area contributed by atoms with Gasteiger partial charge in [0.2, 0.25) is 5.91 Å². The van der Waals surface area contributed by atoms with Crippen LogP contribution in [0.1, 0.15) is 82.9 Å². The lowest BCUT2D eigenvalue weighted by Crippen LogP contribution is -2.34. The Morgan fingerprint density at radius 2 is 1.58 bits per heavy atom. The molecule has 2 aromatic rings. The van der Waals surface area contributed by atoms with Crippen molar-refractivity contribution in [3.8, 4) is 0 Å². The number of hydrogen-bond donors (Lipinski definition) is 0. The highest BCUT2D eigenvalue weighted by molar-refractivity contribution is 5.76. The first-order chi connectivity index (χ1) is 15.2. The van der Waals surface area contributed by atoms with Gasteiger partial charge in [-0.25, -0.2) is 0 Å². The van der Waals surface area contributed by atoms with E-state index in [1.54, 1.807) is 0 Å². The van der Waals surface area contributed by atoms with E-state index in [-0.39, 0.29) is 5.91 Å². The largest absolute Gasteiger partial charge is 0.338 e. The Labute approximate surface area is 189 Å². The third-order valence-electron chi connectivity index (χ3n) is 5.63. The topological polar surface area (TPSA) is 33.2 Å². The maximum absolute atomic E-state index is 13.1. The predicted octanol–water partition coefficient (Wildman–Crippen LogP) is 7.09. The van der Waals surface area contributed by atoms with Crippen LogP contribution >= 0.6 is 0 Å². The molecule has 2 rings (SSSR count). The average Bonchev–Trinajstić information content (AvgIpc) is 2.80. The molecular formula is C28H40N2O. The van der Waals surface area contributed by atoms with Crippen LogP contribution in [0.2, 0.25) is 0 Å². The number of amides is 1. The lowest BCUT2D eigenvalue weighted by Gasteiger charge is -2.25. The number of hydrogen-bond acceptors (Lipinski definition) is 2. The van der Waals surface area contributed by atoms with Crippen molar-refractivity contribution in [1.82, 2.24) is 9.88 Å². The molecule has 0 saturated heterocycles. The zero-order chi connectivity index (χ0) is 22.2. The SMILES string of the molecule is CCCCCCC(=O)N(CCc1ccccn1)CC(=Cc1ccccc1)CCCCC. The summed E-state index contributed by atoms with van der Waals surface area (Å²) >= 11 is 0. The number of rotatable bonds is 15. The normalized spacial score (nSPS) is 11.5. The van der Waals surface area contributed by atoms with Crippen LogP contribution in [-0.4, -0.2) is 28.9 Å². The highest BCUT2D eigenvalue weighted by Crippen LogP contribution is 2.17. The molecule has 3 nitrogen and oxygen atoms in total. The molecule has 0 radical (unpaired) electrons. The van der Waals surface area contributed by atoms with E-state index in [0.717, 1.165) is 44.5 Å². The summed E-state index contributed by atoms with van der Waals surface area (Å²) in [5, 5.41) is 0. The summed E-state index contributed by atoms with van der Waals surface area (Å²) in [6.45, 7) is 5.89. The fourth-order valence-corrected chi connectivity index (χ4v) is 3.78. The molecule has 31 heavy (non-hydrogen) atoms. The third-order valence-corrected chi connectivity index (χ3v) is 5.63. The van der Waals surface area contributed by atoms with Gasteiger partial charge in [-0.2, -0.15) is 0 Å². The highest BCUT2D eigenvalue weighted by Gasteiger charge is 2.15. The van der Waals surface area contributed by atoms with Crippen LogP contribution in [-0.2, 0) is 11.2 Å². The lowest BCUT2D eigenvalue weighted by molar-refractivity contribution is -0.130. The second-order valence-corrected chi connectivity index (χ2v) is 8.37. The number of benzene rings is 1. The Morgan fingerprint density at radius 1 is 0.871 bits per heavy atom. The van der Waals surface area contributed by atoms with Crippen LogP contribution in [0.15, 0.2) is 60.3 Å². The molecule has 0 aliphatic carbocycles. The first-order valence-electron chi connectivity index (χ1n) is 12.1. The van der Waals surface area contributed by atoms with Gasteiger partial charge in [0.1, 0.15) is 0 Å². The monoisotopic (exact) mass is 420 g/mol. The summed E-state index contributed by atoms with van der Waals surface area (Å²) in [5.41, 5.74) is 3.61. The molecule has 0 aliphatic heterocycles. The van der Waals surface area contributed by atoms with Crippen molar-refractivity contribution >= 4 is 12.0 Å². The molecule has 0 spiro atoms. The maximum Gasteiger partial charge on any atom is 0.222 e. The zero-order valence-corrected chi connectivity index (χ0v) is 19.6. The van der Waals surface area contributed by atoms with Gasteiger partial charge in [0, 0.05) is 37.8 Å². The Hall–Kier alpha value is -2.42. The van der Waals surface area contributed by atoms with Gasteiger partial charge in [-0.3, -0.25) is 9.78 Å². The van der Waals surface area contributed by atoms with Gasteiger partial charge in [-0.15, -0.1) is 0 Å². The Morgan fingerprint density at radius 3 is 2.29 bits per heavy atom. The minimum Gasteiger partial charge on any atom is -0.338 e. The molecule has 1 amide bonds. The lowest BCUT2D eigenvalue weighted by atomic mass is 10.0. The number of pyridine rings is 1. The zero-order valence-electron chi connectivity index (χ0n) is 19.6. The fraction of sp³-hybridized carbons (Fsp3) is 0.500. The quantitative estimate of drug-likeness (QED) is 0.288. The molecular weight excluding hydrogens is 380 g/mol. The predicted molar refractivity (Wildman–Crippen MR) is 132 cm³/mol. The molecule has 0 unspecified atom stereocenters. The van der Waals surface area contributed by atoms with Gasteiger partial charge in [-0.1, -0.05) is 94.0 Å². The van der Waals surface area contributed by atoms with E-state index in [9.17, 15) is 4.79 Å². The van der Waals surface area contributed by atoms with Gasteiger partial charge in [-0.05, 0) is 37.0 Å². The Kier molecular flexibility index (Phi) is 12.3. The molecule has 0 aliphatic rings. The van der Waals surface area contributed by atoms with E-state index in [0.29, 0.717) is 6.42 Å². The molecule has 0 saturated carbocycles. The van der Waals surface area contributed by atoms with Gasteiger partial charge in [0.15, 0.2) is 0 Å². The van der Waals surface area contributed by atoms with Crippen LogP contribution in [0.3, 0.4) is 0 Å². The van der Waals surface area contributed by atoms with Crippen LogP contribution < -0.4 is 0 Å². The number of nitrogens with zero attached hydrogens (tertiary/aromatic N) is 2. The summed E-state index contributed by atoms with van der Waals surface area (Å²) in [6.07, 6.45) is 14.7.